The Bertz CT molecular complexity index is 545. The van der Waals surface area contributed by atoms with Crippen molar-refractivity contribution < 1.29 is 23.5 Å². The van der Waals surface area contributed by atoms with Gasteiger partial charge in [0.2, 0.25) is 0 Å². The van der Waals surface area contributed by atoms with Crippen molar-refractivity contribution in [3.8, 4) is 0 Å². The topological polar surface area (TPSA) is 52.6 Å². The minimum Gasteiger partial charge on any atom is -0.466 e. The maximum absolute atomic E-state index is 13.4. The lowest BCUT2D eigenvalue weighted by Gasteiger charge is -2.07. The lowest BCUT2D eigenvalue weighted by molar-refractivity contribution is -0.150. The van der Waals surface area contributed by atoms with Gasteiger partial charge in [-0.3, -0.25) is 9.59 Å². The summed E-state index contributed by atoms with van der Waals surface area (Å²) in [5.74, 6) is -1.14. The molecule has 152 valence electrons. The van der Waals surface area contributed by atoms with Crippen LogP contribution in [0.5, 0.6) is 0 Å². The smallest absolute Gasteiger partial charge is 0.306 e. The van der Waals surface area contributed by atoms with Crippen LogP contribution in [-0.4, -0.2) is 25.2 Å². The van der Waals surface area contributed by atoms with Gasteiger partial charge in [-0.2, -0.15) is 0 Å². The lowest BCUT2D eigenvalue weighted by atomic mass is 10.1. The van der Waals surface area contributed by atoms with Crippen LogP contribution in [0.25, 0.3) is 0 Å². The molecule has 0 fully saturated rings. The van der Waals surface area contributed by atoms with Crippen molar-refractivity contribution in [2.45, 2.75) is 77.6 Å². The van der Waals surface area contributed by atoms with Crippen molar-refractivity contribution in [3.63, 3.8) is 0 Å². The molecule has 0 N–H and O–H groups in total. The van der Waals surface area contributed by atoms with Crippen molar-refractivity contribution in [3.05, 3.63) is 35.6 Å². The molecule has 0 aliphatic carbocycles. The Hall–Kier alpha value is -1.91. The van der Waals surface area contributed by atoms with Crippen LogP contribution in [0.2, 0.25) is 0 Å². The highest BCUT2D eigenvalue weighted by molar-refractivity contribution is 5.77. The Morgan fingerprint density at radius 2 is 1.37 bits per heavy atom. The van der Waals surface area contributed by atoms with E-state index in [9.17, 15) is 14.0 Å². The highest BCUT2D eigenvalue weighted by Gasteiger charge is 2.09. The van der Waals surface area contributed by atoms with Gasteiger partial charge >= 0.3 is 11.9 Å². The molecule has 0 saturated heterocycles. The highest BCUT2D eigenvalue weighted by Crippen LogP contribution is 2.09. The normalized spacial score (nSPS) is 10.6. The van der Waals surface area contributed by atoms with Crippen molar-refractivity contribution in [2.75, 3.05) is 13.2 Å². The van der Waals surface area contributed by atoms with Gasteiger partial charge in [-0.15, -0.1) is 0 Å². The molecule has 0 heterocycles. The molecule has 27 heavy (non-hydrogen) atoms. The first-order valence-corrected chi connectivity index (χ1v) is 10.2. The zero-order chi connectivity index (χ0) is 19.7. The monoisotopic (exact) mass is 380 g/mol. The third-order valence-electron chi connectivity index (χ3n) is 4.39. The first-order chi connectivity index (χ1) is 13.1. The van der Waals surface area contributed by atoms with Gasteiger partial charge in [0, 0.05) is 6.42 Å². The van der Waals surface area contributed by atoms with Gasteiger partial charge in [0.15, 0.2) is 0 Å². The van der Waals surface area contributed by atoms with Crippen molar-refractivity contribution in [2.24, 2.45) is 0 Å². The minimum atomic E-state index is -0.463. The average molecular weight is 381 g/mol. The number of ether oxygens (including phenoxy) is 2. The van der Waals surface area contributed by atoms with Crippen LogP contribution in [0.1, 0.15) is 76.7 Å². The molecule has 4 nitrogen and oxygen atoms in total. The number of halogens is 1. The molecule has 0 radical (unpaired) electrons. The van der Waals surface area contributed by atoms with E-state index in [0.29, 0.717) is 18.6 Å². The lowest BCUT2D eigenvalue weighted by Crippen LogP contribution is -2.12. The average Bonchev–Trinajstić information content (AvgIpc) is 2.66. The summed E-state index contributed by atoms with van der Waals surface area (Å²) in [6, 6.07) is 6.39. The fourth-order valence-corrected chi connectivity index (χ4v) is 2.75. The van der Waals surface area contributed by atoms with Gasteiger partial charge in [-0.1, -0.05) is 70.1 Å². The number of carbonyl (C=O) groups excluding carboxylic acids is 2. The zero-order valence-electron chi connectivity index (χ0n) is 16.5. The Balaban J connectivity index is 1.96. The summed E-state index contributed by atoms with van der Waals surface area (Å²) in [6.45, 7) is 2.73. The minimum absolute atomic E-state index is 0.00641. The highest BCUT2D eigenvalue weighted by atomic mass is 19.1. The Kier molecular flexibility index (Phi) is 13.0. The van der Waals surface area contributed by atoms with E-state index < -0.39 is 5.97 Å². The second-order valence-corrected chi connectivity index (χ2v) is 6.76. The van der Waals surface area contributed by atoms with E-state index >= 15 is 0 Å². The van der Waals surface area contributed by atoms with Crippen molar-refractivity contribution >= 4 is 11.9 Å². The first-order valence-electron chi connectivity index (χ1n) is 10.2. The summed E-state index contributed by atoms with van der Waals surface area (Å²) in [5.41, 5.74) is 0.509. The summed E-state index contributed by atoms with van der Waals surface area (Å²) in [4.78, 5) is 23.2. The SMILES string of the molecule is CCCCCCCCCCOC(=O)CCC(=O)OCCc1ccccc1F. The fourth-order valence-electron chi connectivity index (χ4n) is 2.75. The second-order valence-electron chi connectivity index (χ2n) is 6.76. The molecule has 0 saturated carbocycles. The van der Waals surface area contributed by atoms with E-state index in [1.165, 1.54) is 44.6 Å². The molecular formula is C22H33FO4. The molecule has 0 amide bonds. The van der Waals surface area contributed by atoms with Gasteiger partial charge in [0.1, 0.15) is 5.82 Å². The van der Waals surface area contributed by atoms with Crippen LogP contribution in [0, 0.1) is 5.82 Å². The van der Waals surface area contributed by atoms with E-state index in [1.54, 1.807) is 18.2 Å². The van der Waals surface area contributed by atoms with Gasteiger partial charge in [-0.25, -0.2) is 4.39 Å². The van der Waals surface area contributed by atoms with Crippen molar-refractivity contribution in [1.82, 2.24) is 0 Å². The molecule has 0 atom stereocenters. The Morgan fingerprint density at radius 1 is 0.815 bits per heavy atom. The predicted octanol–water partition coefficient (Wildman–Crippen LogP) is 5.38. The summed E-state index contributed by atoms with van der Waals surface area (Å²) in [7, 11) is 0. The second kappa shape index (κ2) is 15.2. The number of unbranched alkanes of at least 4 members (excludes halogenated alkanes) is 7. The quantitative estimate of drug-likeness (QED) is 0.303. The van der Waals surface area contributed by atoms with E-state index in [-0.39, 0.29) is 31.2 Å². The molecule has 0 aliphatic heterocycles. The summed E-state index contributed by atoms with van der Waals surface area (Å²) < 4.78 is 23.6. The van der Waals surface area contributed by atoms with Crippen molar-refractivity contribution in [1.29, 1.82) is 0 Å². The van der Waals surface area contributed by atoms with Crippen LogP contribution in [-0.2, 0) is 25.5 Å². The largest absolute Gasteiger partial charge is 0.466 e. The molecule has 0 unspecified atom stereocenters. The summed E-state index contributed by atoms with van der Waals surface area (Å²) in [5, 5.41) is 0. The molecule has 0 aromatic heterocycles. The third kappa shape index (κ3) is 12.2. The molecule has 0 bridgehead atoms. The number of benzene rings is 1. The van der Waals surface area contributed by atoms with Crippen LogP contribution in [0.15, 0.2) is 24.3 Å². The third-order valence-corrected chi connectivity index (χ3v) is 4.39. The first kappa shape index (κ1) is 23.1. The predicted molar refractivity (Wildman–Crippen MR) is 104 cm³/mol. The molecular weight excluding hydrogens is 347 g/mol. The Morgan fingerprint density at radius 3 is 2.00 bits per heavy atom. The fraction of sp³-hybridized carbons (Fsp3) is 0.636. The van der Waals surface area contributed by atoms with Crippen LogP contribution < -0.4 is 0 Å². The maximum atomic E-state index is 13.4. The summed E-state index contributed by atoms with van der Waals surface area (Å²) >= 11 is 0. The maximum Gasteiger partial charge on any atom is 0.306 e. The van der Waals surface area contributed by atoms with E-state index in [1.807, 2.05) is 0 Å². The van der Waals surface area contributed by atoms with Gasteiger partial charge in [0.05, 0.1) is 26.1 Å². The molecule has 1 rings (SSSR count). The molecule has 5 heteroatoms. The number of hydrogen-bond acceptors (Lipinski definition) is 4. The standard InChI is InChI=1S/C22H33FO4/c1-2-3-4-5-6-7-8-11-17-26-21(24)14-15-22(25)27-18-16-19-12-9-10-13-20(19)23/h9-10,12-13H,2-8,11,14-18H2,1H3. The molecule has 0 aliphatic rings. The van der Waals surface area contributed by atoms with E-state index in [0.717, 1.165) is 12.8 Å². The van der Waals surface area contributed by atoms with Gasteiger partial charge < -0.3 is 9.47 Å². The number of hydrogen-bond donors (Lipinski definition) is 0. The zero-order valence-corrected chi connectivity index (χ0v) is 16.5. The van der Waals surface area contributed by atoms with Crippen LogP contribution >= 0.6 is 0 Å². The number of esters is 2. The summed E-state index contributed by atoms with van der Waals surface area (Å²) in [6.07, 6.45) is 9.85. The van der Waals surface area contributed by atoms with Gasteiger partial charge in [-0.05, 0) is 18.1 Å². The van der Waals surface area contributed by atoms with E-state index in [4.69, 9.17) is 9.47 Å². The molecule has 1 aromatic rings. The van der Waals surface area contributed by atoms with Crippen LogP contribution in [0.4, 0.5) is 4.39 Å². The van der Waals surface area contributed by atoms with Crippen LogP contribution in [0.3, 0.4) is 0 Å². The molecule has 1 aromatic carbocycles. The van der Waals surface area contributed by atoms with Gasteiger partial charge in [0.25, 0.3) is 0 Å². The Labute approximate surface area is 162 Å². The van der Waals surface area contributed by atoms with E-state index in [2.05, 4.69) is 6.92 Å². The number of rotatable bonds is 15. The number of carbonyl (C=O) groups is 2. The molecule has 0 spiro atoms.